The lowest BCUT2D eigenvalue weighted by molar-refractivity contribution is -0.300. The van der Waals surface area contributed by atoms with Crippen LogP contribution >= 0.6 is 15.9 Å². The average Bonchev–Trinajstić information content (AvgIpc) is 2.94. The fourth-order valence-electron chi connectivity index (χ4n) is 5.12. The van der Waals surface area contributed by atoms with Crippen LogP contribution in [0.4, 0.5) is 0 Å². The highest BCUT2D eigenvalue weighted by molar-refractivity contribution is 9.10. The lowest BCUT2D eigenvalue weighted by Crippen LogP contribution is -2.58. The molecule has 0 radical (unpaired) electrons. The molecule has 0 saturated carbocycles. The standard InChI is InChI=1S/C30H33BrO10/c1-17(32)38-27-26(41-30(35-4)29(40-19(3)34)28(27)39-18(2)33)21-10-11-24(31)22(15-21)23(25-16-36-12-13-37-25)14-20-8-6-5-7-9-20/h5-6,8,10-13,15-16,23,26-30H,7,9,14H2,1-4H3. The van der Waals surface area contributed by atoms with Gasteiger partial charge in [-0.2, -0.15) is 0 Å². The zero-order chi connectivity index (χ0) is 29.5. The van der Waals surface area contributed by atoms with Gasteiger partial charge in [0.15, 0.2) is 24.6 Å². The molecule has 6 atom stereocenters. The second-order valence-corrected chi connectivity index (χ2v) is 10.6. The molecule has 4 rings (SSSR count). The summed E-state index contributed by atoms with van der Waals surface area (Å²) in [5, 5.41) is 0. The Bertz CT molecular complexity index is 1270. The van der Waals surface area contributed by atoms with Crippen LogP contribution in [-0.4, -0.2) is 49.6 Å². The Labute approximate surface area is 247 Å². The Morgan fingerprint density at radius 3 is 2.32 bits per heavy atom. The summed E-state index contributed by atoms with van der Waals surface area (Å²) in [5.41, 5.74) is 2.73. The molecule has 0 amide bonds. The molecule has 220 valence electrons. The van der Waals surface area contributed by atoms with Gasteiger partial charge in [0, 0.05) is 32.4 Å². The van der Waals surface area contributed by atoms with E-state index in [4.69, 9.17) is 33.2 Å². The van der Waals surface area contributed by atoms with Crippen molar-refractivity contribution in [2.24, 2.45) is 0 Å². The molecule has 1 fully saturated rings. The number of hydrogen-bond acceptors (Lipinski definition) is 10. The van der Waals surface area contributed by atoms with Crippen molar-refractivity contribution in [3.05, 3.63) is 82.1 Å². The summed E-state index contributed by atoms with van der Waals surface area (Å²) in [6.45, 7) is 3.67. The average molecular weight is 633 g/mol. The molecule has 2 aliphatic heterocycles. The van der Waals surface area contributed by atoms with Crippen molar-refractivity contribution < 1.29 is 47.5 Å². The van der Waals surface area contributed by atoms with Crippen molar-refractivity contribution >= 4 is 33.8 Å². The lowest BCUT2D eigenvalue weighted by atomic mass is 9.85. The quantitative estimate of drug-likeness (QED) is 0.259. The molecule has 1 aromatic rings. The van der Waals surface area contributed by atoms with Crippen LogP contribution in [0.2, 0.25) is 0 Å². The molecule has 0 N–H and O–H groups in total. The monoisotopic (exact) mass is 632 g/mol. The molecule has 1 aromatic carbocycles. The maximum Gasteiger partial charge on any atom is 0.303 e. The number of methoxy groups -OCH3 is 1. The first-order valence-corrected chi connectivity index (χ1v) is 14.0. The third-order valence-corrected chi connectivity index (χ3v) is 7.51. The van der Waals surface area contributed by atoms with Crippen LogP contribution in [0, 0.1) is 0 Å². The van der Waals surface area contributed by atoms with Crippen molar-refractivity contribution in [1.29, 1.82) is 0 Å². The summed E-state index contributed by atoms with van der Waals surface area (Å²) in [6, 6.07) is 5.59. The fourth-order valence-corrected chi connectivity index (χ4v) is 5.65. The van der Waals surface area contributed by atoms with Gasteiger partial charge in [0.1, 0.15) is 30.6 Å². The minimum Gasteiger partial charge on any atom is -0.466 e. The summed E-state index contributed by atoms with van der Waals surface area (Å²) in [5.74, 6) is -1.55. The summed E-state index contributed by atoms with van der Waals surface area (Å²) >= 11 is 3.70. The molecule has 1 saturated heterocycles. The molecule has 41 heavy (non-hydrogen) atoms. The van der Waals surface area contributed by atoms with Gasteiger partial charge in [-0.1, -0.05) is 51.9 Å². The molecule has 0 aromatic heterocycles. The van der Waals surface area contributed by atoms with E-state index in [0.29, 0.717) is 17.7 Å². The number of ether oxygens (including phenoxy) is 7. The van der Waals surface area contributed by atoms with Gasteiger partial charge in [-0.3, -0.25) is 14.4 Å². The smallest absolute Gasteiger partial charge is 0.303 e. The molecule has 6 unspecified atom stereocenters. The van der Waals surface area contributed by atoms with E-state index in [0.717, 1.165) is 22.9 Å². The van der Waals surface area contributed by atoms with Gasteiger partial charge in [0.25, 0.3) is 0 Å². The maximum absolute atomic E-state index is 12.2. The normalized spacial score (nSPS) is 26.0. The van der Waals surface area contributed by atoms with E-state index >= 15 is 0 Å². The third kappa shape index (κ3) is 7.66. The molecule has 0 spiro atoms. The number of hydrogen-bond donors (Lipinski definition) is 0. The largest absolute Gasteiger partial charge is 0.466 e. The van der Waals surface area contributed by atoms with E-state index in [9.17, 15) is 14.4 Å². The SMILES string of the molecule is COC1OC(c2ccc(Br)c(C(CC3=CC=CCC3)C3=COC=CO3)c2)C(OC(C)=O)C(OC(C)=O)C1OC(C)=O. The minimum absolute atomic E-state index is 0.237. The highest BCUT2D eigenvalue weighted by atomic mass is 79.9. The van der Waals surface area contributed by atoms with Crippen molar-refractivity contribution in [3.63, 3.8) is 0 Å². The van der Waals surface area contributed by atoms with Crippen molar-refractivity contribution in [2.45, 2.75) is 76.7 Å². The van der Waals surface area contributed by atoms with Crippen LogP contribution < -0.4 is 0 Å². The lowest BCUT2D eigenvalue weighted by Gasteiger charge is -2.44. The number of benzene rings is 1. The topological polar surface area (TPSA) is 116 Å². The number of rotatable bonds is 9. The number of allylic oxidation sites excluding steroid dienone is 5. The van der Waals surface area contributed by atoms with Gasteiger partial charge in [-0.05, 0) is 36.5 Å². The number of halogens is 1. The van der Waals surface area contributed by atoms with Crippen LogP contribution in [0.5, 0.6) is 0 Å². The van der Waals surface area contributed by atoms with E-state index in [1.54, 1.807) is 6.26 Å². The molecule has 0 bridgehead atoms. The maximum atomic E-state index is 12.2. The second kappa shape index (κ2) is 14.0. The first kappa shape index (κ1) is 30.5. The molecule has 11 heteroatoms. The van der Waals surface area contributed by atoms with Gasteiger partial charge in [-0.15, -0.1) is 0 Å². The number of carbonyl (C=O) groups excluding carboxylic acids is 3. The van der Waals surface area contributed by atoms with Gasteiger partial charge < -0.3 is 33.2 Å². The molecule has 2 heterocycles. The molecule has 1 aliphatic carbocycles. The second-order valence-electron chi connectivity index (χ2n) is 9.76. The predicted molar refractivity (Wildman–Crippen MR) is 149 cm³/mol. The first-order chi connectivity index (χ1) is 19.7. The number of carbonyl (C=O) groups is 3. The van der Waals surface area contributed by atoms with Crippen LogP contribution in [0.15, 0.2) is 71.0 Å². The van der Waals surface area contributed by atoms with Gasteiger partial charge in [-0.25, -0.2) is 0 Å². The van der Waals surface area contributed by atoms with Crippen LogP contribution in [0.3, 0.4) is 0 Å². The Hall–Kier alpha value is -3.41. The van der Waals surface area contributed by atoms with Crippen molar-refractivity contribution in [3.8, 4) is 0 Å². The van der Waals surface area contributed by atoms with Crippen LogP contribution in [0.1, 0.15) is 63.2 Å². The fraction of sp³-hybridized carbons (Fsp3) is 0.433. The van der Waals surface area contributed by atoms with Gasteiger partial charge >= 0.3 is 17.9 Å². The molecule has 10 nitrogen and oxygen atoms in total. The van der Waals surface area contributed by atoms with E-state index < -0.39 is 48.6 Å². The molecular weight excluding hydrogens is 600 g/mol. The summed E-state index contributed by atoms with van der Waals surface area (Å²) in [7, 11) is 1.38. The minimum atomic E-state index is -1.20. The Balaban J connectivity index is 1.78. The van der Waals surface area contributed by atoms with E-state index in [-0.39, 0.29) is 5.92 Å². The first-order valence-electron chi connectivity index (χ1n) is 13.2. The van der Waals surface area contributed by atoms with E-state index in [1.165, 1.54) is 46.0 Å². The highest BCUT2D eigenvalue weighted by Crippen LogP contribution is 2.43. The predicted octanol–water partition coefficient (Wildman–Crippen LogP) is 5.40. The Morgan fingerprint density at radius 2 is 1.71 bits per heavy atom. The van der Waals surface area contributed by atoms with E-state index in [1.807, 2.05) is 24.3 Å². The summed E-state index contributed by atoms with van der Waals surface area (Å²) in [4.78, 5) is 36.3. The zero-order valence-electron chi connectivity index (χ0n) is 23.2. The third-order valence-electron chi connectivity index (χ3n) is 6.79. The van der Waals surface area contributed by atoms with Crippen LogP contribution in [0.25, 0.3) is 0 Å². The molecular formula is C30H33BrO10. The summed E-state index contributed by atoms with van der Waals surface area (Å²) < 4.78 is 40.5. The van der Waals surface area contributed by atoms with Crippen LogP contribution in [-0.2, 0) is 47.5 Å². The summed E-state index contributed by atoms with van der Waals surface area (Å²) in [6.07, 6.45) is 7.74. The highest BCUT2D eigenvalue weighted by Gasteiger charge is 2.52. The Morgan fingerprint density at radius 1 is 1.00 bits per heavy atom. The van der Waals surface area contributed by atoms with E-state index in [2.05, 4.69) is 28.1 Å². The Kier molecular flexibility index (Phi) is 10.4. The van der Waals surface area contributed by atoms with Gasteiger partial charge in [0.2, 0.25) is 0 Å². The van der Waals surface area contributed by atoms with Crippen molar-refractivity contribution in [1.82, 2.24) is 0 Å². The van der Waals surface area contributed by atoms with Crippen molar-refractivity contribution in [2.75, 3.05) is 7.11 Å². The molecule has 3 aliphatic rings. The van der Waals surface area contributed by atoms with Gasteiger partial charge in [0.05, 0.1) is 5.92 Å². The zero-order valence-corrected chi connectivity index (χ0v) is 24.8. The number of esters is 3.